The zero-order valence-electron chi connectivity index (χ0n) is 16.4. The number of esters is 1. The molecule has 0 bridgehead atoms. The van der Waals surface area contributed by atoms with Crippen LogP contribution in [0, 0.1) is 28.9 Å². The SMILES string of the molecule is CC(C)C1CN(c2ncc(-c3cccc(COC(=O)CC(=N)N)c3F)cc2F)C1. The summed E-state index contributed by atoms with van der Waals surface area (Å²) in [6.45, 7) is 5.50. The van der Waals surface area contributed by atoms with Gasteiger partial charge in [0.1, 0.15) is 24.7 Å². The number of amidine groups is 1. The quantitative estimate of drug-likeness (QED) is 0.420. The Morgan fingerprint density at radius 1 is 1.38 bits per heavy atom. The molecule has 0 radical (unpaired) electrons. The first-order valence-electron chi connectivity index (χ1n) is 9.43. The number of ether oxygens (including phenoxy) is 1. The van der Waals surface area contributed by atoms with Crippen LogP contribution in [-0.4, -0.2) is 29.9 Å². The molecule has 1 aliphatic heterocycles. The molecule has 0 spiro atoms. The number of carbonyl (C=O) groups excluding carboxylic acids is 1. The Labute approximate surface area is 168 Å². The molecule has 6 nitrogen and oxygen atoms in total. The Balaban J connectivity index is 1.74. The topological polar surface area (TPSA) is 92.3 Å². The Kier molecular flexibility index (Phi) is 6.10. The standard InChI is InChI=1S/C21H24F2N4O2/c1-12(2)15-9-27(10-15)21-17(22)6-14(8-26-21)16-5-3-4-13(20(16)23)11-29-19(28)7-18(24)25/h3-6,8,12,15H,7,9-11H2,1-2H3,(H3,24,25). The monoisotopic (exact) mass is 402 g/mol. The van der Waals surface area contributed by atoms with Crippen LogP contribution >= 0.6 is 0 Å². The molecular formula is C21H24F2N4O2. The molecule has 154 valence electrons. The summed E-state index contributed by atoms with van der Waals surface area (Å²) < 4.78 is 34.4. The number of halogens is 2. The normalized spacial score (nSPS) is 14.0. The van der Waals surface area contributed by atoms with E-state index in [-0.39, 0.29) is 35.8 Å². The Hall–Kier alpha value is -3.03. The largest absolute Gasteiger partial charge is 0.460 e. The first-order chi connectivity index (χ1) is 13.8. The summed E-state index contributed by atoms with van der Waals surface area (Å²) in [5.74, 6) is -0.809. The number of nitrogens with zero attached hydrogens (tertiary/aromatic N) is 2. The Morgan fingerprint density at radius 2 is 2.10 bits per heavy atom. The summed E-state index contributed by atoms with van der Waals surface area (Å²) in [5, 5.41) is 7.07. The number of carbonyl (C=O) groups is 1. The van der Waals surface area contributed by atoms with E-state index in [2.05, 4.69) is 18.8 Å². The van der Waals surface area contributed by atoms with E-state index in [9.17, 15) is 13.6 Å². The fourth-order valence-electron chi connectivity index (χ4n) is 3.20. The van der Waals surface area contributed by atoms with Crippen LogP contribution in [0.4, 0.5) is 14.6 Å². The first-order valence-corrected chi connectivity index (χ1v) is 9.43. The summed E-state index contributed by atoms with van der Waals surface area (Å²) in [7, 11) is 0. The average Bonchev–Trinajstić information content (AvgIpc) is 2.60. The van der Waals surface area contributed by atoms with Crippen molar-refractivity contribution in [1.82, 2.24) is 4.98 Å². The molecule has 3 rings (SSSR count). The highest BCUT2D eigenvalue weighted by Crippen LogP contribution is 2.32. The number of anilines is 1. The van der Waals surface area contributed by atoms with Crippen molar-refractivity contribution < 1.29 is 18.3 Å². The molecule has 29 heavy (non-hydrogen) atoms. The predicted molar refractivity (Wildman–Crippen MR) is 106 cm³/mol. The van der Waals surface area contributed by atoms with Gasteiger partial charge in [0.15, 0.2) is 11.6 Å². The molecule has 1 aromatic heterocycles. The second-order valence-corrected chi connectivity index (χ2v) is 7.58. The maximum Gasteiger partial charge on any atom is 0.313 e. The molecular weight excluding hydrogens is 378 g/mol. The third-order valence-corrected chi connectivity index (χ3v) is 5.09. The number of pyridine rings is 1. The van der Waals surface area contributed by atoms with E-state index in [4.69, 9.17) is 15.9 Å². The second kappa shape index (κ2) is 8.55. The van der Waals surface area contributed by atoms with Crippen LogP contribution in [0.1, 0.15) is 25.8 Å². The van der Waals surface area contributed by atoms with E-state index in [1.165, 1.54) is 24.4 Å². The van der Waals surface area contributed by atoms with Crippen molar-refractivity contribution in [1.29, 1.82) is 5.41 Å². The van der Waals surface area contributed by atoms with Crippen molar-refractivity contribution >= 4 is 17.6 Å². The molecule has 0 atom stereocenters. The molecule has 0 saturated carbocycles. The third kappa shape index (κ3) is 4.70. The van der Waals surface area contributed by atoms with Gasteiger partial charge in [0.2, 0.25) is 0 Å². The average molecular weight is 402 g/mol. The number of nitrogens with one attached hydrogen (secondary N) is 1. The van der Waals surface area contributed by atoms with Crippen LogP contribution in [0.15, 0.2) is 30.5 Å². The van der Waals surface area contributed by atoms with Gasteiger partial charge in [-0.1, -0.05) is 32.0 Å². The van der Waals surface area contributed by atoms with Crippen LogP contribution in [0.25, 0.3) is 11.1 Å². The van der Waals surface area contributed by atoms with E-state index >= 15 is 0 Å². The summed E-state index contributed by atoms with van der Waals surface area (Å²) in [6.07, 6.45) is 1.09. The highest BCUT2D eigenvalue weighted by molar-refractivity contribution is 5.94. The van der Waals surface area contributed by atoms with Gasteiger partial charge in [-0.05, 0) is 17.9 Å². The maximum atomic E-state index is 14.9. The molecule has 2 aromatic rings. The van der Waals surface area contributed by atoms with Crippen molar-refractivity contribution in [3.8, 4) is 11.1 Å². The van der Waals surface area contributed by atoms with Crippen LogP contribution < -0.4 is 10.6 Å². The number of hydrogen-bond acceptors (Lipinski definition) is 5. The van der Waals surface area contributed by atoms with E-state index in [1.807, 2.05) is 4.90 Å². The number of rotatable bonds is 7. The minimum absolute atomic E-state index is 0.145. The highest BCUT2D eigenvalue weighted by atomic mass is 19.1. The van der Waals surface area contributed by atoms with Crippen molar-refractivity contribution in [3.63, 3.8) is 0 Å². The van der Waals surface area contributed by atoms with Crippen molar-refractivity contribution in [2.75, 3.05) is 18.0 Å². The molecule has 1 saturated heterocycles. The van der Waals surface area contributed by atoms with Gasteiger partial charge in [-0.25, -0.2) is 13.8 Å². The van der Waals surface area contributed by atoms with Crippen LogP contribution in [0.5, 0.6) is 0 Å². The fraction of sp³-hybridized carbons (Fsp3) is 0.381. The van der Waals surface area contributed by atoms with Gasteiger partial charge in [0.25, 0.3) is 0 Å². The lowest BCUT2D eigenvalue weighted by atomic mass is 9.88. The van der Waals surface area contributed by atoms with Crippen molar-refractivity contribution in [3.05, 3.63) is 47.7 Å². The molecule has 8 heteroatoms. The molecule has 3 N–H and O–H groups in total. The van der Waals surface area contributed by atoms with Gasteiger partial charge in [-0.15, -0.1) is 0 Å². The summed E-state index contributed by atoms with van der Waals surface area (Å²) >= 11 is 0. The zero-order chi connectivity index (χ0) is 21.1. The van der Waals surface area contributed by atoms with Crippen molar-refractivity contribution in [2.45, 2.75) is 26.9 Å². The summed E-state index contributed by atoms with van der Waals surface area (Å²) in [5.41, 5.74) is 5.76. The number of hydrogen-bond donors (Lipinski definition) is 2. The van der Waals surface area contributed by atoms with Crippen LogP contribution in [0.3, 0.4) is 0 Å². The first kappa shape index (κ1) is 20.7. The second-order valence-electron chi connectivity index (χ2n) is 7.58. The minimum atomic E-state index is -0.714. The van der Waals surface area contributed by atoms with Gasteiger partial charge in [0, 0.05) is 36.0 Å². The lowest BCUT2D eigenvalue weighted by Gasteiger charge is -2.42. The number of nitrogens with two attached hydrogens (primary N) is 1. The van der Waals surface area contributed by atoms with Gasteiger partial charge in [0.05, 0.1) is 0 Å². The summed E-state index contributed by atoms with van der Waals surface area (Å²) in [4.78, 5) is 17.6. The summed E-state index contributed by atoms with van der Waals surface area (Å²) in [6, 6.07) is 5.87. The molecule has 1 fully saturated rings. The van der Waals surface area contributed by atoms with Crippen LogP contribution in [-0.2, 0) is 16.1 Å². The van der Waals surface area contributed by atoms with E-state index in [0.29, 0.717) is 17.4 Å². The molecule has 1 aliphatic rings. The van der Waals surface area contributed by atoms with Gasteiger partial charge >= 0.3 is 5.97 Å². The molecule has 0 aliphatic carbocycles. The fourth-order valence-corrected chi connectivity index (χ4v) is 3.20. The van der Waals surface area contributed by atoms with Gasteiger partial charge in [-0.2, -0.15) is 0 Å². The number of benzene rings is 1. The zero-order valence-corrected chi connectivity index (χ0v) is 16.4. The smallest absolute Gasteiger partial charge is 0.313 e. The molecule has 0 unspecified atom stereocenters. The number of aromatic nitrogens is 1. The van der Waals surface area contributed by atoms with Crippen LogP contribution in [0.2, 0.25) is 0 Å². The molecule has 1 aromatic carbocycles. The van der Waals surface area contributed by atoms with Gasteiger partial charge in [-0.3, -0.25) is 10.2 Å². The lowest BCUT2D eigenvalue weighted by Crippen LogP contribution is -2.49. The van der Waals surface area contributed by atoms with E-state index in [0.717, 1.165) is 13.1 Å². The Morgan fingerprint density at radius 3 is 2.72 bits per heavy atom. The minimum Gasteiger partial charge on any atom is -0.460 e. The predicted octanol–water partition coefficient (Wildman–Crippen LogP) is 3.49. The van der Waals surface area contributed by atoms with Crippen molar-refractivity contribution in [2.24, 2.45) is 17.6 Å². The maximum absolute atomic E-state index is 14.9. The Bertz CT molecular complexity index is 927. The van der Waals surface area contributed by atoms with E-state index < -0.39 is 17.6 Å². The lowest BCUT2D eigenvalue weighted by molar-refractivity contribution is -0.143. The van der Waals surface area contributed by atoms with Gasteiger partial charge < -0.3 is 15.4 Å². The van der Waals surface area contributed by atoms with E-state index in [1.54, 1.807) is 6.07 Å². The molecule has 0 amide bonds. The highest BCUT2D eigenvalue weighted by Gasteiger charge is 2.31. The molecule has 2 heterocycles. The third-order valence-electron chi connectivity index (χ3n) is 5.09.